The Kier molecular flexibility index (Phi) is 3.96. The van der Waals surface area contributed by atoms with Crippen molar-refractivity contribution in [2.24, 2.45) is 0 Å². The van der Waals surface area contributed by atoms with Crippen molar-refractivity contribution < 1.29 is 9.47 Å². The maximum absolute atomic E-state index is 5.40. The van der Waals surface area contributed by atoms with E-state index in [0.29, 0.717) is 6.61 Å². The van der Waals surface area contributed by atoms with Gasteiger partial charge in [-0.25, -0.2) is 0 Å². The Morgan fingerprint density at radius 1 is 1.38 bits per heavy atom. The van der Waals surface area contributed by atoms with Crippen LogP contribution in [0, 0.1) is 6.26 Å². The van der Waals surface area contributed by atoms with Gasteiger partial charge in [-0.1, -0.05) is 0 Å². The van der Waals surface area contributed by atoms with Gasteiger partial charge in [0.15, 0.2) is 11.5 Å². The summed E-state index contributed by atoms with van der Waals surface area (Å²) >= 11 is 1.44. The monoisotopic (exact) mass is 197 g/mol. The zero-order chi connectivity index (χ0) is 9.68. The predicted octanol–water partition coefficient (Wildman–Crippen LogP) is 2.98. The largest absolute Gasteiger partial charge is 0.493 e. The van der Waals surface area contributed by atoms with Crippen LogP contribution in [-0.4, -0.2) is 13.7 Å². The lowest BCUT2D eigenvalue weighted by molar-refractivity contribution is 0.310. The number of methoxy groups -OCH3 is 1. The second-order valence-electron chi connectivity index (χ2n) is 2.39. The Balaban J connectivity index is 2.95. The molecule has 0 saturated heterocycles. The molecule has 0 aliphatic rings. The zero-order valence-electron chi connectivity index (χ0n) is 7.87. The Hall–Kier alpha value is -0.830. The topological polar surface area (TPSA) is 18.5 Å². The minimum absolute atomic E-state index is 0.640. The van der Waals surface area contributed by atoms with Gasteiger partial charge >= 0.3 is 0 Å². The van der Waals surface area contributed by atoms with E-state index in [1.807, 2.05) is 25.1 Å². The summed E-state index contributed by atoms with van der Waals surface area (Å²) in [6.45, 7) is 2.59. The second kappa shape index (κ2) is 5.02. The third-order valence-corrected chi connectivity index (χ3v) is 2.19. The van der Waals surface area contributed by atoms with Crippen LogP contribution in [0.15, 0.2) is 23.1 Å². The lowest BCUT2D eigenvalue weighted by atomic mass is 10.3. The molecule has 1 aromatic rings. The number of thioether (sulfide) groups is 1. The van der Waals surface area contributed by atoms with Gasteiger partial charge in [-0.15, -0.1) is 11.8 Å². The van der Waals surface area contributed by atoms with E-state index in [9.17, 15) is 0 Å². The van der Waals surface area contributed by atoms with Crippen molar-refractivity contribution in [1.29, 1.82) is 0 Å². The smallest absolute Gasteiger partial charge is 0.162 e. The van der Waals surface area contributed by atoms with Crippen molar-refractivity contribution in [3.8, 4) is 11.5 Å². The molecule has 0 amide bonds. The van der Waals surface area contributed by atoms with Crippen LogP contribution in [0.5, 0.6) is 11.5 Å². The van der Waals surface area contributed by atoms with Gasteiger partial charge < -0.3 is 9.47 Å². The van der Waals surface area contributed by atoms with Crippen molar-refractivity contribution >= 4 is 11.8 Å². The fourth-order valence-corrected chi connectivity index (χ4v) is 1.37. The standard InChI is InChI=1S/C10H13O2S/c1-4-12-10-7-8(13-3)5-6-9(10)11-2/h5-7H,3-4H2,1-2H3. The lowest BCUT2D eigenvalue weighted by Crippen LogP contribution is -1.95. The summed E-state index contributed by atoms with van der Waals surface area (Å²) < 4.78 is 10.5. The van der Waals surface area contributed by atoms with Crippen LogP contribution in [0.3, 0.4) is 0 Å². The van der Waals surface area contributed by atoms with Crippen molar-refractivity contribution in [2.75, 3.05) is 13.7 Å². The quantitative estimate of drug-likeness (QED) is 0.691. The fraction of sp³-hybridized carbons (Fsp3) is 0.300. The molecule has 0 atom stereocenters. The molecule has 13 heavy (non-hydrogen) atoms. The first kappa shape index (κ1) is 10.3. The van der Waals surface area contributed by atoms with E-state index < -0.39 is 0 Å². The average molecular weight is 197 g/mol. The van der Waals surface area contributed by atoms with Crippen molar-refractivity contribution in [1.82, 2.24) is 0 Å². The predicted molar refractivity (Wildman–Crippen MR) is 55.4 cm³/mol. The number of benzene rings is 1. The molecule has 0 aliphatic carbocycles. The van der Waals surface area contributed by atoms with Crippen LogP contribution < -0.4 is 9.47 Å². The molecule has 0 spiro atoms. The molecule has 0 heterocycles. The van der Waals surface area contributed by atoms with Gasteiger partial charge in [0.05, 0.1) is 13.7 Å². The first-order valence-electron chi connectivity index (χ1n) is 4.04. The number of hydrogen-bond donors (Lipinski definition) is 0. The maximum atomic E-state index is 5.40. The number of rotatable bonds is 4. The molecular weight excluding hydrogens is 184 g/mol. The van der Waals surface area contributed by atoms with Crippen LogP contribution in [0.1, 0.15) is 6.92 Å². The third kappa shape index (κ3) is 2.56. The van der Waals surface area contributed by atoms with Gasteiger partial charge in [0.1, 0.15) is 0 Å². The molecule has 1 rings (SSSR count). The molecule has 0 N–H and O–H groups in total. The average Bonchev–Trinajstić information content (AvgIpc) is 2.18. The Bertz CT molecular complexity index is 274. The molecular formula is C10H13O2S. The fourth-order valence-electron chi connectivity index (χ4n) is 1.02. The van der Waals surface area contributed by atoms with Crippen LogP contribution >= 0.6 is 11.8 Å². The summed E-state index contributed by atoms with van der Waals surface area (Å²) in [4.78, 5) is 1.07. The van der Waals surface area contributed by atoms with E-state index in [2.05, 4.69) is 6.26 Å². The molecule has 2 nitrogen and oxygen atoms in total. The highest BCUT2D eigenvalue weighted by Crippen LogP contribution is 2.31. The van der Waals surface area contributed by atoms with E-state index in [1.54, 1.807) is 7.11 Å². The molecule has 0 aliphatic heterocycles. The minimum Gasteiger partial charge on any atom is -0.493 e. The van der Waals surface area contributed by atoms with Crippen molar-refractivity contribution in [3.05, 3.63) is 24.5 Å². The maximum Gasteiger partial charge on any atom is 0.162 e. The summed E-state index contributed by atoms with van der Waals surface area (Å²) in [5.74, 6) is 1.54. The zero-order valence-corrected chi connectivity index (χ0v) is 8.69. The highest BCUT2D eigenvalue weighted by Gasteiger charge is 2.03. The molecule has 0 bridgehead atoms. The van der Waals surface area contributed by atoms with E-state index in [0.717, 1.165) is 16.4 Å². The first-order chi connectivity index (χ1) is 6.31. The minimum atomic E-state index is 0.640. The normalized spacial score (nSPS) is 9.77. The molecule has 3 heteroatoms. The number of ether oxygens (including phenoxy) is 2. The van der Waals surface area contributed by atoms with Crippen LogP contribution in [-0.2, 0) is 0 Å². The van der Waals surface area contributed by atoms with Gasteiger partial charge in [0.2, 0.25) is 0 Å². The Morgan fingerprint density at radius 2 is 2.15 bits per heavy atom. The van der Waals surface area contributed by atoms with E-state index in [1.165, 1.54) is 11.8 Å². The summed E-state index contributed by atoms with van der Waals surface area (Å²) in [7, 11) is 1.63. The summed E-state index contributed by atoms with van der Waals surface area (Å²) in [6.07, 6.45) is 3.73. The molecule has 0 fully saturated rings. The Labute approximate surface area is 83.2 Å². The van der Waals surface area contributed by atoms with Crippen molar-refractivity contribution in [2.45, 2.75) is 11.8 Å². The lowest BCUT2D eigenvalue weighted by Gasteiger charge is -2.09. The van der Waals surface area contributed by atoms with Gasteiger partial charge in [0.25, 0.3) is 0 Å². The Morgan fingerprint density at radius 3 is 2.69 bits per heavy atom. The number of hydrogen-bond acceptors (Lipinski definition) is 3. The SMILES string of the molecule is [CH2]Sc1ccc(OC)c(OCC)c1. The third-order valence-electron chi connectivity index (χ3n) is 1.60. The van der Waals surface area contributed by atoms with E-state index in [4.69, 9.17) is 9.47 Å². The molecule has 1 aromatic carbocycles. The molecule has 1 radical (unpaired) electrons. The van der Waals surface area contributed by atoms with E-state index >= 15 is 0 Å². The van der Waals surface area contributed by atoms with Gasteiger partial charge in [-0.05, 0) is 25.1 Å². The highest BCUT2D eigenvalue weighted by atomic mass is 32.2. The van der Waals surface area contributed by atoms with Crippen LogP contribution in [0.2, 0.25) is 0 Å². The molecule has 71 valence electrons. The molecule has 0 saturated carbocycles. The summed E-state index contributed by atoms with van der Waals surface area (Å²) in [6, 6.07) is 5.78. The molecule has 0 unspecified atom stereocenters. The summed E-state index contributed by atoms with van der Waals surface area (Å²) in [5, 5.41) is 0. The van der Waals surface area contributed by atoms with Gasteiger partial charge in [-0.2, -0.15) is 0 Å². The van der Waals surface area contributed by atoms with Gasteiger partial charge in [-0.3, -0.25) is 0 Å². The highest BCUT2D eigenvalue weighted by molar-refractivity contribution is 8.00. The first-order valence-corrected chi connectivity index (χ1v) is 5.03. The van der Waals surface area contributed by atoms with E-state index in [-0.39, 0.29) is 0 Å². The van der Waals surface area contributed by atoms with Gasteiger partial charge in [0, 0.05) is 11.2 Å². The van der Waals surface area contributed by atoms with Crippen molar-refractivity contribution in [3.63, 3.8) is 0 Å². The van der Waals surface area contributed by atoms with Crippen LogP contribution in [0.25, 0.3) is 0 Å². The second-order valence-corrected chi connectivity index (χ2v) is 3.15. The molecule has 0 aromatic heterocycles. The van der Waals surface area contributed by atoms with Crippen LogP contribution in [0.4, 0.5) is 0 Å². The summed E-state index contributed by atoms with van der Waals surface area (Å²) in [5.41, 5.74) is 0.